The van der Waals surface area contributed by atoms with Crippen LogP contribution in [0.1, 0.15) is 44.3 Å². The van der Waals surface area contributed by atoms with Gasteiger partial charge >= 0.3 is 0 Å². The van der Waals surface area contributed by atoms with Crippen LogP contribution in [0, 0.1) is 6.92 Å². The van der Waals surface area contributed by atoms with Gasteiger partial charge in [-0.1, -0.05) is 18.2 Å². The number of aryl methyl sites for hydroxylation is 1. The number of amides is 2. The third-order valence-corrected chi connectivity index (χ3v) is 6.79. The van der Waals surface area contributed by atoms with Gasteiger partial charge in [-0.3, -0.25) is 14.6 Å². The second-order valence-electron chi connectivity index (χ2n) is 7.70. The number of hydrogen-bond donors (Lipinski definition) is 1. The molecule has 4 rings (SSSR count). The lowest BCUT2D eigenvalue weighted by atomic mass is 10.00. The molecule has 31 heavy (non-hydrogen) atoms. The summed E-state index contributed by atoms with van der Waals surface area (Å²) in [5.74, 6) is -0.186. The molecule has 1 aliphatic heterocycles. The van der Waals surface area contributed by atoms with Crippen molar-refractivity contribution in [1.82, 2.24) is 20.2 Å². The Kier molecular flexibility index (Phi) is 6.58. The van der Waals surface area contributed by atoms with Crippen LogP contribution in [0.25, 0.3) is 10.1 Å². The van der Waals surface area contributed by atoms with Gasteiger partial charge < -0.3 is 15.0 Å². The minimum absolute atomic E-state index is 0.0270. The normalized spacial score (nSPS) is 16.1. The van der Waals surface area contributed by atoms with E-state index in [1.165, 1.54) is 11.3 Å². The zero-order valence-electron chi connectivity index (χ0n) is 17.8. The number of nitrogens with zero attached hydrogens (tertiary/aromatic N) is 3. The number of aromatic nitrogens is 2. The summed E-state index contributed by atoms with van der Waals surface area (Å²) >= 11 is 1.50. The maximum atomic E-state index is 13.1. The number of thiophene rings is 1. The second-order valence-corrected chi connectivity index (χ2v) is 8.75. The highest BCUT2D eigenvalue weighted by Crippen LogP contribution is 2.34. The van der Waals surface area contributed by atoms with Crippen LogP contribution < -0.4 is 5.32 Å². The molecule has 0 spiro atoms. The standard InChI is InChI=1S/C23H26N4O3S/c1-15-13-26-19(14-25-15)23(29)27-10-5-6-16(27)12-18-17-7-3-4-8-20(17)31-21(18)22(28)24-9-11-30-2/h3-4,7-8,13-14,16H,5-6,9-12H2,1-2H3,(H,24,28)/t16-/m1/s1. The largest absolute Gasteiger partial charge is 0.383 e. The Labute approximate surface area is 185 Å². The lowest BCUT2D eigenvalue weighted by Gasteiger charge is -2.24. The summed E-state index contributed by atoms with van der Waals surface area (Å²) in [6, 6.07) is 8.09. The molecule has 0 radical (unpaired) electrons. The number of ether oxygens (including phenoxy) is 1. The Bertz CT molecular complexity index is 1080. The van der Waals surface area contributed by atoms with Crippen molar-refractivity contribution in [3.8, 4) is 0 Å². The average Bonchev–Trinajstić information content (AvgIpc) is 3.39. The quantitative estimate of drug-likeness (QED) is 0.573. The molecular formula is C23H26N4O3S. The average molecular weight is 439 g/mol. The fourth-order valence-corrected chi connectivity index (χ4v) is 5.18. The zero-order valence-corrected chi connectivity index (χ0v) is 18.6. The summed E-state index contributed by atoms with van der Waals surface area (Å²) in [6.07, 6.45) is 5.64. The number of benzene rings is 1. The van der Waals surface area contributed by atoms with Crippen LogP contribution >= 0.6 is 11.3 Å². The van der Waals surface area contributed by atoms with E-state index in [1.807, 2.05) is 30.0 Å². The van der Waals surface area contributed by atoms with Crippen LogP contribution in [0.3, 0.4) is 0 Å². The molecule has 1 fully saturated rings. The van der Waals surface area contributed by atoms with Crippen molar-refractivity contribution in [3.05, 3.63) is 58.5 Å². The molecule has 0 unspecified atom stereocenters. The molecule has 1 aliphatic rings. The van der Waals surface area contributed by atoms with E-state index in [4.69, 9.17) is 4.74 Å². The number of carbonyl (C=O) groups is 2. The van der Waals surface area contributed by atoms with Crippen molar-refractivity contribution in [1.29, 1.82) is 0 Å². The Morgan fingerprint density at radius 1 is 1.26 bits per heavy atom. The predicted molar refractivity (Wildman–Crippen MR) is 121 cm³/mol. The van der Waals surface area contributed by atoms with E-state index in [1.54, 1.807) is 19.5 Å². The predicted octanol–water partition coefficient (Wildman–Crippen LogP) is 3.22. The number of nitrogens with one attached hydrogen (secondary N) is 1. The van der Waals surface area contributed by atoms with Gasteiger partial charge in [-0.2, -0.15) is 0 Å². The minimum atomic E-state index is -0.0966. The first kappa shape index (κ1) is 21.4. The maximum Gasteiger partial charge on any atom is 0.274 e. The topological polar surface area (TPSA) is 84.4 Å². The number of rotatable bonds is 7. The fraction of sp³-hybridized carbons (Fsp3) is 0.391. The third kappa shape index (κ3) is 4.60. The van der Waals surface area contributed by atoms with Crippen molar-refractivity contribution in [2.75, 3.05) is 26.8 Å². The van der Waals surface area contributed by atoms with Crippen LogP contribution in [0.5, 0.6) is 0 Å². The summed E-state index contributed by atoms with van der Waals surface area (Å²) < 4.78 is 6.13. The molecule has 2 amide bonds. The van der Waals surface area contributed by atoms with Gasteiger partial charge in [0.15, 0.2) is 0 Å². The van der Waals surface area contributed by atoms with Gasteiger partial charge in [0.2, 0.25) is 0 Å². The molecule has 7 nitrogen and oxygen atoms in total. The summed E-state index contributed by atoms with van der Waals surface area (Å²) in [5.41, 5.74) is 2.16. The van der Waals surface area contributed by atoms with Crippen molar-refractivity contribution in [2.24, 2.45) is 0 Å². The van der Waals surface area contributed by atoms with Crippen molar-refractivity contribution >= 4 is 33.2 Å². The molecule has 2 aromatic heterocycles. The molecule has 1 atom stereocenters. The first-order chi connectivity index (χ1) is 15.1. The van der Waals surface area contributed by atoms with Crippen molar-refractivity contribution in [2.45, 2.75) is 32.2 Å². The van der Waals surface area contributed by atoms with Gasteiger partial charge in [-0.25, -0.2) is 4.98 Å². The number of methoxy groups -OCH3 is 1. The lowest BCUT2D eigenvalue weighted by molar-refractivity contribution is 0.0730. The number of likely N-dealkylation sites (tertiary alicyclic amines) is 1. The highest BCUT2D eigenvalue weighted by Gasteiger charge is 2.32. The summed E-state index contributed by atoms with van der Waals surface area (Å²) in [4.78, 5) is 37.1. The van der Waals surface area contributed by atoms with Crippen molar-refractivity contribution in [3.63, 3.8) is 0 Å². The minimum Gasteiger partial charge on any atom is -0.383 e. The van der Waals surface area contributed by atoms with Crippen LogP contribution in [0.4, 0.5) is 0 Å². The summed E-state index contributed by atoms with van der Waals surface area (Å²) in [6.45, 7) is 3.47. The Morgan fingerprint density at radius 3 is 2.87 bits per heavy atom. The number of hydrogen-bond acceptors (Lipinski definition) is 6. The second kappa shape index (κ2) is 9.53. The van der Waals surface area contributed by atoms with Crippen LogP contribution in [-0.2, 0) is 11.2 Å². The fourth-order valence-electron chi connectivity index (χ4n) is 4.03. The van der Waals surface area contributed by atoms with Gasteiger partial charge in [0.05, 0.1) is 23.4 Å². The summed E-state index contributed by atoms with van der Waals surface area (Å²) in [5, 5.41) is 4.02. The highest BCUT2D eigenvalue weighted by molar-refractivity contribution is 7.21. The van der Waals surface area contributed by atoms with Gasteiger partial charge in [-0.05, 0) is 43.2 Å². The monoisotopic (exact) mass is 438 g/mol. The first-order valence-corrected chi connectivity index (χ1v) is 11.3. The molecule has 0 bridgehead atoms. The van der Waals surface area contributed by atoms with Crippen LogP contribution in [0.15, 0.2) is 36.7 Å². The third-order valence-electron chi connectivity index (χ3n) is 5.57. The SMILES string of the molecule is COCCNC(=O)c1sc2ccccc2c1C[C@H]1CCCN1C(=O)c1cnc(C)cn1. The van der Waals surface area contributed by atoms with Gasteiger partial charge in [0.25, 0.3) is 11.8 Å². The van der Waals surface area contributed by atoms with Gasteiger partial charge in [-0.15, -0.1) is 11.3 Å². The van der Waals surface area contributed by atoms with Crippen LogP contribution in [0.2, 0.25) is 0 Å². The molecule has 0 aliphatic carbocycles. The van der Waals surface area contributed by atoms with E-state index < -0.39 is 0 Å². The maximum absolute atomic E-state index is 13.1. The molecule has 1 N–H and O–H groups in total. The smallest absolute Gasteiger partial charge is 0.274 e. The van der Waals surface area contributed by atoms with E-state index in [9.17, 15) is 9.59 Å². The Balaban J connectivity index is 1.60. The molecule has 1 saturated heterocycles. The number of fused-ring (bicyclic) bond motifs is 1. The van der Waals surface area contributed by atoms with Gasteiger partial charge in [0, 0.05) is 37.1 Å². The van der Waals surface area contributed by atoms with E-state index in [-0.39, 0.29) is 17.9 Å². The molecular weight excluding hydrogens is 412 g/mol. The molecule has 1 aromatic carbocycles. The first-order valence-electron chi connectivity index (χ1n) is 10.5. The Morgan fingerprint density at radius 2 is 2.10 bits per heavy atom. The lowest BCUT2D eigenvalue weighted by Crippen LogP contribution is -2.37. The van der Waals surface area contributed by atoms with Gasteiger partial charge in [0.1, 0.15) is 5.69 Å². The zero-order chi connectivity index (χ0) is 21.8. The van der Waals surface area contributed by atoms with E-state index >= 15 is 0 Å². The highest BCUT2D eigenvalue weighted by atomic mass is 32.1. The number of carbonyl (C=O) groups excluding carboxylic acids is 2. The Hall–Kier alpha value is -2.84. The molecule has 3 heterocycles. The molecule has 8 heteroatoms. The summed E-state index contributed by atoms with van der Waals surface area (Å²) in [7, 11) is 1.61. The van der Waals surface area contributed by atoms with E-state index in [0.29, 0.717) is 36.7 Å². The molecule has 0 saturated carbocycles. The van der Waals surface area contributed by atoms with E-state index in [0.717, 1.165) is 34.2 Å². The molecule has 162 valence electrons. The van der Waals surface area contributed by atoms with Crippen LogP contribution in [-0.4, -0.2) is 59.5 Å². The van der Waals surface area contributed by atoms with E-state index in [2.05, 4.69) is 21.4 Å². The molecule has 3 aromatic rings. The van der Waals surface area contributed by atoms with Crippen molar-refractivity contribution < 1.29 is 14.3 Å².